The molecule has 1 amide bonds. The molecular formula is C18H23N3O2. The first-order valence-electron chi connectivity index (χ1n) is 7.60. The number of rotatable bonds is 7. The Kier molecular flexibility index (Phi) is 6.00. The van der Waals surface area contributed by atoms with E-state index in [9.17, 15) is 4.79 Å². The number of methoxy groups -OCH3 is 1. The molecule has 122 valence electrons. The molecule has 0 aliphatic heterocycles. The summed E-state index contributed by atoms with van der Waals surface area (Å²) in [5.41, 5.74) is 9.15. The number of nitrogen functional groups attached to an aromatic ring is 1. The molecule has 0 bridgehead atoms. The third-order valence-corrected chi connectivity index (χ3v) is 3.58. The first kappa shape index (κ1) is 16.8. The zero-order chi connectivity index (χ0) is 16.7. The van der Waals surface area contributed by atoms with Crippen molar-refractivity contribution in [1.82, 2.24) is 5.32 Å². The third-order valence-electron chi connectivity index (χ3n) is 3.58. The van der Waals surface area contributed by atoms with Crippen molar-refractivity contribution in [2.75, 3.05) is 31.3 Å². The number of ether oxygens (including phenoxy) is 1. The summed E-state index contributed by atoms with van der Waals surface area (Å²) < 4.78 is 4.91. The van der Waals surface area contributed by atoms with Gasteiger partial charge < -0.3 is 21.1 Å². The molecule has 1 atom stereocenters. The Balaban J connectivity index is 2.03. The zero-order valence-corrected chi connectivity index (χ0v) is 13.5. The predicted octanol–water partition coefficient (Wildman–Crippen LogP) is 2.82. The molecule has 2 rings (SSSR count). The van der Waals surface area contributed by atoms with Crippen molar-refractivity contribution < 1.29 is 9.53 Å². The number of carbonyl (C=O) groups is 1. The number of nitrogens with two attached hydrogens (primary N) is 1. The van der Waals surface area contributed by atoms with Crippen LogP contribution in [0.3, 0.4) is 0 Å². The van der Waals surface area contributed by atoms with Crippen molar-refractivity contribution in [3.05, 3.63) is 59.7 Å². The van der Waals surface area contributed by atoms with Crippen LogP contribution in [0.1, 0.15) is 28.9 Å². The van der Waals surface area contributed by atoms with E-state index in [0.717, 1.165) is 5.69 Å². The number of hydrogen-bond acceptors (Lipinski definition) is 4. The molecular weight excluding hydrogens is 290 g/mol. The van der Waals surface area contributed by atoms with E-state index in [1.54, 1.807) is 19.2 Å². The molecule has 0 aromatic heterocycles. The Morgan fingerprint density at radius 3 is 2.61 bits per heavy atom. The first-order chi connectivity index (χ1) is 11.1. The number of nitrogens with one attached hydrogen (secondary N) is 2. The van der Waals surface area contributed by atoms with Crippen molar-refractivity contribution in [3.63, 3.8) is 0 Å². The molecule has 2 aromatic rings. The van der Waals surface area contributed by atoms with E-state index < -0.39 is 0 Å². The van der Waals surface area contributed by atoms with E-state index in [1.807, 2.05) is 24.3 Å². The van der Waals surface area contributed by atoms with Crippen LogP contribution >= 0.6 is 0 Å². The predicted molar refractivity (Wildman–Crippen MR) is 93.5 cm³/mol. The van der Waals surface area contributed by atoms with Gasteiger partial charge in [0.15, 0.2) is 0 Å². The number of amides is 1. The summed E-state index contributed by atoms with van der Waals surface area (Å²) in [5.74, 6) is -0.156. The maximum atomic E-state index is 12.0. The second kappa shape index (κ2) is 8.19. The monoisotopic (exact) mass is 313 g/mol. The van der Waals surface area contributed by atoms with E-state index in [0.29, 0.717) is 24.4 Å². The highest BCUT2D eigenvalue weighted by Crippen LogP contribution is 2.25. The first-order valence-corrected chi connectivity index (χ1v) is 7.60. The van der Waals surface area contributed by atoms with Crippen molar-refractivity contribution >= 4 is 17.3 Å². The van der Waals surface area contributed by atoms with Gasteiger partial charge in [-0.2, -0.15) is 0 Å². The summed E-state index contributed by atoms with van der Waals surface area (Å²) in [7, 11) is 1.60. The van der Waals surface area contributed by atoms with E-state index in [4.69, 9.17) is 10.5 Å². The van der Waals surface area contributed by atoms with Crippen LogP contribution in [0.5, 0.6) is 0 Å². The van der Waals surface area contributed by atoms with Crippen LogP contribution in [-0.2, 0) is 4.74 Å². The Morgan fingerprint density at radius 1 is 1.22 bits per heavy atom. The van der Waals surface area contributed by atoms with E-state index in [2.05, 4.69) is 29.7 Å². The average Bonchev–Trinajstić information content (AvgIpc) is 2.57. The van der Waals surface area contributed by atoms with Crippen LogP contribution in [0.4, 0.5) is 11.4 Å². The smallest absolute Gasteiger partial charge is 0.251 e. The van der Waals surface area contributed by atoms with E-state index in [1.165, 1.54) is 5.56 Å². The lowest BCUT2D eigenvalue weighted by atomic mass is 10.1. The maximum absolute atomic E-state index is 12.0. The van der Waals surface area contributed by atoms with Crippen molar-refractivity contribution in [3.8, 4) is 0 Å². The Bertz CT molecular complexity index is 644. The molecule has 4 N–H and O–H groups in total. The van der Waals surface area contributed by atoms with E-state index >= 15 is 0 Å². The second-order valence-corrected chi connectivity index (χ2v) is 5.33. The Morgan fingerprint density at radius 2 is 1.96 bits per heavy atom. The summed E-state index contributed by atoms with van der Waals surface area (Å²) in [4.78, 5) is 12.0. The maximum Gasteiger partial charge on any atom is 0.251 e. The number of carbonyl (C=O) groups excluding carboxylic acids is 1. The molecule has 0 saturated carbocycles. The largest absolute Gasteiger partial charge is 0.397 e. The molecule has 0 heterocycles. The third kappa shape index (κ3) is 4.72. The summed E-state index contributed by atoms with van der Waals surface area (Å²) >= 11 is 0. The fraction of sp³-hybridized carbons (Fsp3) is 0.278. The second-order valence-electron chi connectivity index (χ2n) is 5.33. The van der Waals surface area contributed by atoms with Gasteiger partial charge in [0.05, 0.1) is 18.0 Å². The van der Waals surface area contributed by atoms with Gasteiger partial charge in [0.2, 0.25) is 0 Å². The van der Waals surface area contributed by atoms with Crippen LogP contribution in [0.15, 0.2) is 48.5 Å². The number of benzene rings is 2. The van der Waals surface area contributed by atoms with Crippen LogP contribution < -0.4 is 16.4 Å². The van der Waals surface area contributed by atoms with Gasteiger partial charge in [-0.25, -0.2) is 0 Å². The molecule has 0 aliphatic carbocycles. The molecule has 5 heteroatoms. The van der Waals surface area contributed by atoms with Crippen molar-refractivity contribution in [2.45, 2.75) is 13.0 Å². The topological polar surface area (TPSA) is 76.4 Å². The van der Waals surface area contributed by atoms with Gasteiger partial charge in [-0.05, 0) is 30.7 Å². The highest BCUT2D eigenvalue weighted by atomic mass is 16.5. The van der Waals surface area contributed by atoms with Crippen molar-refractivity contribution in [2.24, 2.45) is 0 Å². The Hall–Kier alpha value is -2.53. The Labute approximate surface area is 136 Å². The summed E-state index contributed by atoms with van der Waals surface area (Å²) in [6, 6.07) is 15.5. The molecule has 0 unspecified atom stereocenters. The molecule has 0 spiro atoms. The number of hydrogen-bond donors (Lipinski definition) is 3. The summed E-state index contributed by atoms with van der Waals surface area (Å²) in [6.07, 6.45) is 0. The molecule has 0 saturated heterocycles. The van der Waals surface area contributed by atoms with Crippen LogP contribution in [-0.4, -0.2) is 26.2 Å². The van der Waals surface area contributed by atoms with Gasteiger partial charge in [-0.15, -0.1) is 0 Å². The highest BCUT2D eigenvalue weighted by molar-refractivity contribution is 5.96. The fourth-order valence-electron chi connectivity index (χ4n) is 2.26. The van der Waals surface area contributed by atoms with Crippen molar-refractivity contribution in [1.29, 1.82) is 0 Å². The zero-order valence-electron chi connectivity index (χ0n) is 13.5. The minimum Gasteiger partial charge on any atom is -0.397 e. The SMILES string of the molecule is COCCNC(=O)c1ccc(N[C@H](C)c2ccccc2)c(N)c1. The van der Waals surface area contributed by atoms with Crippen LogP contribution in [0.25, 0.3) is 0 Å². The fourth-order valence-corrected chi connectivity index (χ4v) is 2.26. The minimum absolute atomic E-state index is 0.125. The van der Waals surface area contributed by atoms with Crippen LogP contribution in [0, 0.1) is 0 Å². The molecule has 5 nitrogen and oxygen atoms in total. The normalized spacial score (nSPS) is 11.7. The van der Waals surface area contributed by atoms with Gasteiger partial charge in [0, 0.05) is 25.3 Å². The molecule has 23 heavy (non-hydrogen) atoms. The number of anilines is 2. The van der Waals surface area contributed by atoms with Gasteiger partial charge in [0.1, 0.15) is 0 Å². The summed E-state index contributed by atoms with van der Waals surface area (Å²) in [6.45, 7) is 3.02. The van der Waals surface area contributed by atoms with Gasteiger partial charge in [0.25, 0.3) is 5.91 Å². The molecule has 2 aromatic carbocycles. The lowest BCUT2D eigenvalue weighted by Gasteiger charge is -2.17. The molecule has 0 fully saturated rings. The lowest BCUT2D eigenvalue weighted by Crippen LogP contribution is -2.27. The lowest BCUT2D eigenvalue weighted by molar-refractivity contribution is 0.0937. The quantitative estimate of drug-likeness (QED) is 0.543. The van der Waals surface area contributed by atoms with Gasteiger partial charge in [-0.3, -0.25) is 4.79 Å². The van der Waals surface area contributed by atoms with Crippen LogP contribution in [0.2, 0.25) is 0 Å². The molecule has 0 aliphatic rings. The van der Waals surface area contributed by atoms with Gasteiger partial charge in [-0.1, -0.05) is 30.3 Å². The standard InChI is InChI=1S/C18H23N3O2/c1-13(14-6-4-3-5-7-14)21-17-9-8-15(12-16(17)19)18(22)20-10-11-23-2/h3-9,12-13,21H,10-11,19H2,1-2H3,(H,20,22)/t13-/m1/s1. The molecule has 0 radical (unpaired) electrons. The van der Waals surface area contributed by atoms with Gasteiger partial charge >= 0.3 is 0 Å². The minimum atomic E-state index is -0.156. The van der Waals surface area contributed by atoms with E-state index in [-0.39, 0.29) is 11.9 Å². The highest BCUT2D eigenvalue weighted by Gasteiger charge is 2.10. The average molecular weight is 313 g/mol. The summed E-state index contributed by atoms with van der Waals surface area (Å²) in [5, 5.41) is 6.14.